The highest BCUT2D eigenvalue weighted by atomic mass is 28.4. The molecule has 3 rings (SSSR count). The van der Waals surface area contributed by atoms with Crippen molar-refractivity contribution in [2.24, 2.45) is 0 Å². The van der Waals surface area contributed by atoms with Gasteiger partial charge in [0.05, 0.1) is 12.1 Å². The standard InChI is InChI=1S/C21H30F3NO2Si/c1-21(2,3)28(4,5)27-17-10-9-14-7-6-8-18(26)25(14)20(17)13-11-15(22)19(24)16(23)12-13/h11-12,14,17,20H,6-10H2,1-5H3/t14-,17-,20-/m1/s1. The smallest absolute Gasteiger partial charge is 0.223 e. The molecule has 0 radical (unpaired) electrons. The zero-order valence-electron chi connectivity index (χ0n) is 17.3. The first-order valence-electron chi connectivity index (χ1n) is 10.1. The van der Waals surface area contributed by atoms with Crippen molar-refractivity contribution < 1.29 is 22.4 Å². The van der Waals surface area contributed by atoms with Crippen LogP contribution in [0.1, 0.15) is 64.5 Å². The Kier molecular flexibility index (Phi) is 5.71. The van der Waals surface area contributed by atoms with E-state index in [0.717, 1.165) is 31.4 Å². The van der Waals surface area contributed by atoms with E-state index in [0.29, 0.717) is 12.8 Å². The monoisotopic (exact) mass is 413 g/mol. The van der Waals surface area contributed by atoms with Crippen LogP contribution in [0, 0.1) is 17.5 Å². The van der Waals surface area contributed by atoms with Crippen molar-refractivity contribution in [1.82, 2.24) is 4.90 Å². The molecule has 3 atom stereocenters. The summed E-state index contributed by atoms with van der Waals surface area (Å²) in [5.74, 6) is -3.96. The Morgan fingerprint density at radius 3 is 2.25 bits per heavy atom. The van der Waals surface area contributed by atoms with E-state index in [1.54, 1.807) is 4.90 Å². The van der Waals surface area contributed by atoms with Crippen LogP contribution in [0.5, 0.6) is 0 Å². The van der Waals surface area contributed by atoms with E-state index in [-0.39, 0.29) is 28.7 Å². The van der Waals surface area contributed by atoms with E-state index in [4.69, 9.17) is 4.43 Å². The highest BCUT2D eigenvalue weighted by Gasteiger charge is 2.47. The van der Waals surface area contributed by atoms with Crippen LogP contribution in [0.15, 0.2) is 12.1 Å². The number of hydrogen-bond donors (Lipinski definition) is 0. The molecule has 0 unspecified atom stereocenters. The number of hydrogen-bond acceptors (Lipinski definition) is 2. The molecule has 2 saturated heterocycles. The van der Waals surface area contributed by atoms with Gasteiger partial charge in [0.25, 0.3) is 0 Å². The molecule has 156 valence electrons. The van der Waals surface area contributed by atoms with E-state index in [1.165, 1.54) is 0 Å². The third-order valence-electron chi connectivity index (χ3n) is 6.65. The average Bonchev–Trinajstić information content (AvgIpc) is 2.58. The molecule has 0 aromatic heterocycles. The van der Waals surface area contributed by atoms with Gasteiger partial charge in [-0.2, -0.15) is 0 Å². The second-order valence-electron chi connectivity index (χ2n) is 9.58. The van der Waals surface area contributed by atoms with Gasteiger partial charge in [-0.15, -0.1) is 0 Å². The van der Waals surface area contributed by atoms with Crippen LogP contribution < -0.4 is 0 Å². The molecule has 1 aromatic carbocycles. The number of carbonyl (C=O) groups excluding carboxylic acids is 1. The van der Waals surface area contributed by atoms with Crippen LogP contribution >= 0.6 is 0 Å². The topological polar surface area (TPSA) is 29.5 Å². The van der Waals surface area contributed by atoms with E-state index in [1.807, 2.05) is 0 Å². The third-order valence-corrected chi connectivity index (χ3v) is 11.1. The molecule has 1 amide bonds. The lowest BCUT2D eigenvalue weighted by atomic mass is 9.84. The minimum atomic E-state index is -2.18. The number of amides is 1. The highest BCUT2D eigenvalue weighted by Crippen LogP contribution is 2.45. The number of fused-ring (bicyclic) bond motifs is 1. The summed E-state index contributed by atoms with van der Waals surface area (Å²) in [4.78, 5) is 14.5. The Morgan fingerprint density at radius 2 is 1.68 bits per heavy atom. The predicted molar refractivity (Wildman–Crippen MR) is 105 cm³/mol. The number of rotatable bonds is 3. The summed E-state index contributed by atoms with van der Waals surface area (Å²) in [5, 5.41) is -0.0421. The summed E-state index contributed by atoms with van der Waals surface area (Å²) in [6, 6.07) is 1.50. The Bertz CT molecular complexity index is 740. The van der Waals surface area contributed by atoms with E-state index >= 15 is 0 Å². The summed E-state index contributed by atoms with van der Waals surface area (Å²) in [6.07, 6.45) is 3.29. The molecule has 2 aliphatic heterocycles. The van der Waals surface area contributed by atoms with Gasteiger partial charge in [0.15, 0.2) is 25.8 Å². The Morgan fingerprint density at radius 1 is 1.07 bits per heavy atom. The van der Waals surface area contributed by atoms with Gasteiger partial charge in [-0.3, -0.25) is 4.79 Å². The maximum Gasteiger partial charge on any atom is 0.223 e. The summed E-state index contributed by atoms with van der Waals surface area (Å²) in [5.41, 5.74) is 0.278. The molecule has 0 aliphatic carbocycles. The minimum Gasteiger partial charge on any atom is -0.411 e. The zero-order chi connectivity index (χ0) is 20.9. The summed E-state index contributed by atoms with van der Waals surface area (Å²) in [6.45, 7) is 10.6. The van der Waals surface area contributed by atoms with Gasteiger partial charge in [0, 0.05) is 12.5 Å². The molecular formula is C21H30F3NO2Si. The Balaban J connectivity index is 2.04. The van der Waals surface area contributed by atoms with Crippen LogP contribution in [0.3, 0.4) is 0 Å². The van der Waals surface area contributed by atoms with Gasteiger partial charge in [0.2, 0.25) is 5.91 Å². The first-order valence-corrected chi connectivity index (χ1v) is 13.0. The maximum absolute atomic E-state index is 14.0. The normalized spacial score (nSPS) is 26.4. The van der Waals surface area contributed by atoms with Gasteiger partial charge < -0.3 is 9.33 Å². The molecule has 2 aliphatic rings. The van der Waals surface area contributed by atoms with Gasteiger partial charge in [-0.1, -0.05) is 20.8 Å². The van der Waals surface area contributed by atoms with Crippen molar-refractivity contribution in [2.45, 2.75) is 89.2 Å². The van der Waals surface area contributed by atoms with Crippen LogP contribution in [-0.2, 0) is 9.22 Å². The molecule has 0 N–H and O–H groups in total. The molecule has 3 nitrogen and oxygen atoms in total. The molecule has 1 aromatic rings. The fourth-order valence-electron chi connectivity index (χ4n) is 4.12. The molecule has 28 heavy (non-hydrogen) atoms. The maximum atomic E-state index is 14.0. The lowest BCUT2D eigenvalue weighted by Gasteiger charge is -2.51. The van der Waals surface area contributed by atoms with Crippen LogP contribution in [0.25, 0.3) is 0 Å². The predicted octanol–water partition coefficient (Wildman–Crippen LogP) is 5.71. The molecule has 2 fully saturated rings. The van der Waals surface area contributed by atoms with Gasteiger partial charge in [-0.25, -0.2) is 13.2 Å². The number of halogens is 3. The van der Waals surface area contributed by atoms with Crippen molar-refractivity contribution >= 4 is 14.2 Å². The second-order valence-corrected chi connectivity index (χ2v) is 14.3. The van der Waals surface area contributed by atoms with Gasteiger partial charge in [0.1, 0.15) is 0 Å². The van der Waals surface area contributed by atoms with Crippen LogP contribution in [-0.4, -0.2) is 31.3 Å². The first-order chi connectivity index (χ1) is 12.9. The molecule has 0 saturated carbocycles. The van der Waals surface area contributed by atoms with Crippen molar-refractivity contribution in [3.63, 3.8) is 0 Å². The zero-order valence-corrected chi connectivity index (χ0v) is 18.3. The summed E-state index contributed by atoms with van der Waals surface area (Å²) >= 11 is 0. The number of nitrogens with zero attached hydrogens (tertiary/aromatic N) is 1. The van der Waals surface area contributed by atoms with E-state index in [9.17, 15) is 18.0 Å². The van der Waals surface area contributed by atoms with Crippen molar-refractivity contribution in [2.75, 3.05) is 0 Å². The van der Waals surface area contributed by atoms with Crippen LogP contribution in [0.2, 0.25) is 18.1 Å². The Hall–Kier alpha value is -1.34. The number of benzene rings is 1. The van der Waals surface area contributed by atoms with Crippen LogP contribution in [0.4, 0.5) is 13.2 Å². The SMILES string of the molecule is CC(C)(C)[Si](C)(C)O[C@@H]1CC[C@H]2CCCC(=O)N2[C@@H]1c1cc(F)c(F)c(F)c1. The summed E-state index contributed by atoms with van der Waals surface area (Å²) < 4.78 is 48.2. The minimum absolute atomic E-state index is 0.0186. The van der Waals surface area contributed by atoms with Gasteiger partial charge >= 0.3 is 0 Å². The highest BCUT2D eigenvalue weighted by molar-refractivity contribution is 6.74. The largest absolute Gasteiger partial charge is 0.411 e. The molecule has 0 spiro atoms. The molecule has 7 heteroatoms. The van der Waals surface area contributed by atoms with Gasteiger partial charge in [-0.05, 0) is 61.5 Å². The number of carbonyl (C=O) groups is 1. The fraction of sp³-hybridized carbons (Fsp3) is 0.667. The molecule has 0 bridgehead atoms. The lowest BCUT2D eigenvalue weighted by Crippen LogP contribution is -2.56. The van der Waals surface area contributed by atoms with Crippen molar-refractivity contribution in [1.29, 1.82) is 0 Å². The lowest BCUT2D eigenvalue weighted by molar-refractivity contribution is -0.147. The third kappa shape index (κ3) is 3.88. The van der Waals surface area contributed by atoms with Crippen molar-refractivity contribution in [3.05, 3.63) is 35.1 Å². The average molecular weight is 414 g/mol. The number of piperidine rings is 2. The molecule has 2 heterocycles. The van der Waals surface area contributed by atoms with E-state index < -0.39 is 31.8 Å². The summed E-state index contributed by atoms with van der Waals surface area (Å²) in [7, 11) is -2.18. The molecular weight excluding hydrogens is 383 g/mol. The van der Waals surface area contributed by atoms with Crippen molar-refractivity contribution in [3.8, 4) is 0 Å². The van der Waals surface area contributed by atoms with E-state index in [2.05, 4.69) is 33.9 Å². The fourth-order valence-corrected chi connectivity index (χ4v) is 5.48. The second kappa shape index (κ2) is 7.48. The first kappa shape index (κ1) is 21.4. The Labute approximate surface area is 166 Å². The quantitative estimate of drug-likeness (QED) is 0.469.